The van der Waals surface area contributed by atoms with Gasteiger partial charge >= 0.3 is 7.82 Å². The van der Waals surface area contributed by atoms with Crippen LogP contribution in [0.4, 0.5) is 0 Å². The summed E-state index contributed by atoms with van der Waals surface area (Å²) in [6.07, 6.45) is 0.501. The van der Waals surface area contributed by atoms with Crippen molar-refractivity contribution in [2.24, 2.45) is 0 Å². The van der Waals surface area contributed by atoms with E-state index in [2.05, 4.69) is 9.84 Å². The van der Waals surface area contributed by atoms with Gasteiger partial charge < -0.3 is 15.1 Å². The molecule has 0 aromatic rings. The van der Waals surface area contributed by atoms with Crippen LogP contribution in [-0.2, 0) is 13.9 Å². The van der Waals surface area contributed by atoms with Crippen LogP contribution in [-0.4, -0.2) is 29.3 Å². The smallest absolute Gasteiger partial charge is 0.359 e. The molecule has 0 aliphatic carbocycles. The van der Waals surface area contributed by atoms with Crippen LogP contribution in [0.5, 0.6) is 0 Å². The van der Waals surface area contributed by atoms with Crippen LogP contribution >= 0.6 is 7.82 Å². The van der Waals surface area contributed by atoms with Gasteiger partial charge in [0.15, 0.2) is 0 Å². The molecule has 0 heterocycles. The minimum Gasteiger partial charge on any atom is -0.359 e. The van der Waals surface area contributed by atoms with Crippen LogP contribution in [0.15, 0.2) is 0 Å². The third kappa shape index (κ3) is 7.68. The van der Waals surface area contributed by atoms with Gasteiger partial charge in [0.2, 0.25) is 5.91 Å². The van der Waals surface area contributed by atoms with Gasteiger partial charge in [-0.05, 0) is 6.42 Å². The van der Waals surface area contributed by atoms with Gasteiger partial charge in [-0.2, -0.15) is 0 Å². The van der Waals surface area contributed by atoms with E-state index >= 15 is 0 Å². The molecule has 0 saturated heterocycles. The molecule has 72 valence electrons. The Morgan fingerprint density at radius 3 is 2.58 bits per heavy atom. The zero-order chi connectivity index (χ0) is 9.61. The maximum absolute atomic E-state index is 10.6. The number of nitrogens with one attached hydrogen (secondary N) is 1. The van der Waals surface area contributed by atoms with E-state index in [1.54, 1.807) is 0 Å². The zero-order valence-corrected chi connectivity index (χ0v) is 7.58. The van der Waals surface area contributed by atoms with E-state index in [9.17, 15) is 9.36 Å². The predicted octanol–water partition coefficient (Wildman–Crippen LogP) is -0.378. The highest BCUT2D eigenvalue weighted by molar-refractivity contribution is 7.46. The highest BCUT2D eigenvalue weighted by Gasteiger charge is 2.12. The number of hydrogen-bond donors (Lipinski definition) is 3. The molecule has 0 atom stereocenters. The number of phosphoric acid groups is 1. The quantitative estimate of drug-likeness (QED) is 0.412. The molecule has 7 heteroatoms. The van der Waals surface area contributed by atoms with Gasteiger partial charge in [-0.1, -0.05) is 0 Å². The van der Waals surface area contributed by atoms with Crippen molar-refractivity contribution >= 4 is 13.7 Å². The van der Waals surface area contributed by atoms with E-state index in [1.807, 2.05) is 0 Å². The van der Waals surface area contributed by atoms with Crippen LogP contribution in [0.3, 0.4) is 0 Å². The molecule has 6 nitrogen and oxygen atoms in total. The number of rotatable bonds is 5. The van der Waals surface area contributed by atoms with Crippen LogP contribution < -0.4 is 5.32 Å². The summed E-state index contributed by atoms with van der Waals surface area (Å²) in [5.41, 5.74) is 0. The van der Waals surface area contributed by atoms with E-state index in [-0.39, 0.29) is 18.9 Å². The second-order valence-corrected chi connectivity index (χ2v) is 3.34. The van der Waals surface area contributed by atoms with Crippen molar-refractivity contribution in [3.63, 3.8) is 0 Å². The lowest BCUT2D eigenvalue weighted by Gasteiger charge is -2.03. The fourth-order valence-corrected chi connectivity index (χ4v) is 0.908. The molecular formula is C5H12NO5P. The molecule has 0 rings (SSSR count). The van der Waals surface area contributed by atoms with E-state index in [4.69, 9.17) is 9.79 Å². The number of carbonyl (C=O) groups excluding carboxylic acids is 1. The topological polar surface area (TPSA) is 95.9 Å². The van der Waals surface area contributed by atoms with Crippen molar-refractivity contribution in [1.82, 2.24) is 5.32 Å². The minimum atomic E-state index is -4.37. The Morgan fingerprint density at radius 1 is 1.58 bits per heavy atom. The largest absolute Gasteiger partial charge is 0.469 e. The van der Waals surface area contributed by atoms with Gasteiger partial charge in [-0.3, -0.25) is 9.32 Å². The first-order valence-electron chi connectivity index (χ1n) is 3.36. The number of amides is 1. The molecule has 0 aromatic carbocycles. The fraction of sp³-hybridized carbons (Fsp3) is 0.800. The Bertz CT molecular complexity index is 188. The number of hydrogen-bond acceptors (Lipinski definition) is 3. The highest BCUT2D eigenvalue weighted by atomic mass is 31.2. The first-order valence-corrected chi connectivity index (χ1v) is 4.89. The maximum atomic E-state index is 10.6. The molecule has 0 unspecified atom stereocenters. The van der Waals surface area contributed by atoms with Crippen molar-refractivity contribution in [1.29, 1.82) is 0 Å². The molecule has 0 radical (unpaired) electrons. The molecule has 0 fully saturated rings. The van der Waals surface area contributed by atoms with Crippen molar-refractivity contribution in [2.75, 3.05) is 13.7 Å². The zero-order valence-electron chi connectivity index (χ0n) is 6.69. The lowest BCUT2D eigenvalue weighted by molar-refractivity contribution is -0.120. The van der Waals surface area contributed by atoms with Gasteiger partial charge in [0, 0.05) is 13.5 Å². The van der Waals surface area contributed by atoms with E-state index in [1.165, 1.54) is 7.05 Å². The normalized spacial score (nSPS) is 11.2. The summed E-state index contributed by atoms with van der Waals surface area (Å²) in [4.78, 5) is 27.0. The lowest BCUT2D eigenvalue weighted by Crippen LogP contribution is -2.17. The summed E-state index contributed by atoms with van der Waals surface area (Å²) >= 11 is 0. The number of phosphoric ester groups is 1. The third-order valence-electron chi connectivity index (χ3n) is 1.09. The molecule has 0 saturated carbocycles. The molecule has 1 amide bonds. The summed E-state index contributed by atoms with van der Waals surface area (Å²) in [5.74, 6) is -0.177. The standard InChI is InChI=1S/C5H12NO5P/c1-6-5(7)3-2-4-11-12(8,9)10/h2-4H2,1H3,(H,6,7)(H2,8,9,10). The molecule has 0 aliphatic rings. The van der Waals surface area contributed by atoms with Gasteiger partial charge in [0.25, 0.3) is 0 Å². The molecule has 3 N–H and O–H groups in total. The maximum Gasteiger partial charge on any atom is 0.469 e. The van der Waals surface area contributed by atoms with Gasteiger partial charge in [0.05, 0.1) is 6.61 Å². The average molecular weight is 197 g/mol. The summed E-state index contributed by atoms with van der Waals surface area (Å²) in [6, 6.07) is 0. The van der Waals surface area contributed by atoms with Gasteiger partial charge in [-0.15, -0.1) is 0 Å². The highest BCUT2D eigenvalue weighted by Crippen LogP contribution is 2.35. The first kappa shape index (κ1) is 11.6. The van der Waals surface area contributed by atoms with E-state index in [0.717, 1.165) is 0 Å². The van der Waals surface area contributed by atoms with Crippen LogP contribution in [0, 0.1) is 0 Å². The number of carbonyl (C=O) groups is 1. The molecule has 0 aromatic heterocycles. The Morgan fingerprint density at radius 2 is 2.17 bits per heavy atom. The summed E-state index contributed by atoms with van der Waals surface area (Å²) < 4.78 is 14.2. The Hall–Kier alpha value is -0.420. The van der Waals surface area contributed by atoms with Crippen LogP contribution in [0.25, 0.3) is 0 Å². The molecule has 0 bridgehead atoms. The SMILES string of the molecule is CNC(=O)CCCOP(=O)(O)O. The molecule has 0 spiro atoms. The summed E-state index contributed by atoms with van der Waals surface area (Å²) in [6.45, 7) is -0.113. The van der Waals surface area contributed by atoms with E-state index < -0.39 is 7.82 Å². The van der Waals surface area contributed by atoms with Crippen molar-refractivity contribution in [3.05, 3.63) is 0 Å². The fourth-order valence-electron chi connectivity index (χ4n) is 0.541. The summed E-state index contributed by atoms with van der Waals surface area (Å²) in [7, 11) is -2.87. The van der Waals surface area contributed by atoms with Crippen LogP contribution in [0.2, 0.25) is 0 Å². The predicted molar refractivity (Wildman–Crippen MR) is 41.3 cm³/mol. The van der Waals surface area contributed by atoms with Gasteiger partial charge in [0.1, 0.15) is 0 Å². The Labute approximate surface area is 70.2 Å². The van der Waals surface area contributed by atoms with Crippen molar-refractivity contribution in [3.8, 4) is 0 Å². The monoisotopic (exact) mass is 197 g/mol. The molecular weight excluding hydrogens is 185 g/mol. The Kier molecular flexibility index (Phi) is 5.08. The van der Waals surface area contributed by atoms with Crippen LogP contribution in [0.1, 0.15) is 12.8 Å². The van der Waals surface area contributed by atoms with Crippen molar-refractivity contribution < 1.29 is 23.7 Å². The first-order chi connectivity index (χ1) is 5.45. The lowest BCUT2D eigenvalue weighted by atomic mass is 10.3. The minimum absolute atomic E-state index is 0.113. The van der Waals surface area contributed by atoms with E-state index in [0.29, 0.717) is 6.42 Å². The third-order valence-corrected chi connectivity index (χ3v) is 1.61. The average Bonchev–Trinajstić information content (AvgIpc) is 1.96. The second-order valence-electron chi connectivity index (χ2n) is 2.10. The summed E-state index contributed by atoms with van der Waals surface area (Å²) in [5, 5.41) is 2.37. The second kappa shape index (κ2) is 5.27. The Balaban J connectivity index is 3.34. The molecule has 12 heavy (non-hydrogen) atoms. The molecule has 0 aliphatic heterocycles. The van der Waals surface area contributed by atoms with Crippen molar-refractivity contribution in [2.45, 2.75) is 12.8 Å². The van der Waals surface area contributed by atoms with Gasteiger partial charge in [-0.25, -0.2) is 4.57 Å².